The fourth-order valence-corrected chi connectivity index (χ4v) is 3.45. The monoisotopic (exact) mass is 329 g/mol. The number of halogens is 1. The van der Waals surface area contributed by atoms with Crippen molar-refractivity contribution in [3.8, 4) is 17.2 Å². The summed E-state index contributed by atoms with van der Waals surface area (Å²) in [5.74, 6) is 2.14. The molecule has 0 saturated heterocycles. The molecule has 2 N–H and O–H groups in total. The van der Waals surface area contributed by atoms with E-state index in [0.29, 0.717) is 18.0 Å². The molecular weight excluding hydrogens is 310 g/mol. The lowest BCUT2D eigenvalue weighted by Crippen LogP contribution is -2.41. The van der Waals surface area contributed by atoms with E-state index in [1.165, 1.54) is 6.42 Å². The Morgan fingerprint density at radius 2 is 1.79 bits per heavy atom. The van der Waals surface area contributed by atoms with E-state index in [0.717, 1.165) is 28.6 Å². The lowest BCUT2D eigenvalue weighted by Gasteiger charge is -2.42. The minimum absolute atomic E-state index is 0.00736. The molecule has 19 heavy (non-hydrogen) atoms. The molecule has 0 radical (unpaired) electrons. The van der Waals surface area contributed by atoms with Gasteiger partial charge in [0.2, 0.25) is 0 Å². The fraction of sp³-hybridized carbons (Fsp3) is 0.571. The first-order valence-electron chi connectivity index (χ1n) is 6.32. The first-order chi connectivity index (χ1) is 9.13. The minimum atomic E-state index is 0.00736. The largest absolute Gasteiger partial charge is 0.495 e. The third kappa shape index (κ3) is 2.19. The fourth-order valence-electron chi connectivity index (χ4n) is 2.71. The van der Waals surface area contributed by atoms with Crippen molar-refractivity contribution in [3.05, 3.63) is 16.1 Å². The number of ether oxygens (including phenoxy) is 3. The number of benzene rings is 1. The van der Waals surface area contributed by atoms with E-state index >= 15 is 0 Å². The van der Waals surface area contributed by atoms with Crippen molar-refractivity contribution in [2.24, 2.45) is 5.73 Å². The molecule has 1 aromatic carbocycles. The highest BCUT2D eigenvalue weighted by Gasteiger charge is 2.41. The molecule has 0 amide bonds. The smallest absolute Gasteiger partial charge is 0.178 e. The van der Waals surface area contributed by atoms with E-state index in [4.69, 9.17) is 19.9 Å². The highest BCUT2D eigenvalue weighted by Crippen LogP contribution is 2.53. The van der Waals surface area contributed by atoms with Crippen molar-refractivity contribution >= 4 is 15.9 Å². The highest BCUT2D eigenvalue weighted by molar-refractivity contribution is 9.10. The molecule has 5 heteroatoms. The Kier molecular flexibility index (Phi) is 4.26. The van der Waals surface area contributed by atoms with Gasteiger partial charge in [-0.15, -0.1) is 0 Å². The first-order valence-corrected chi connectivity index (χ1v) is 7.12. The second-order valence-corrected chi connectivity index (χ2v) is 5.64. The van der Waals surface area contributed by atoms with Crippen LogP contribution < -0.4 is 19.9 Å². The molecule has 0 spiro atoms. The molecule has 1 aliphatic carbocycles. The molecule has 0 atom stereocenters. The van der Waals surface area contributed by atoms with Gasteiger partial charge < -0.3 is 19.9 Å². The van der Waals surface area contributed by atoms with Crippen LogP contribution in [0.25, 0.3) is 0 Å². The van der Waals surface area contributed by atoms with Gasteiger partial charge in [-0.3, -0.25) is 0 Å². The van der Waals surface area contributed by atoms with E-state index in [9.17, 15) is 0 Å². The molecule has 2 rings (SSSR count). The van der Waals surface area contributed by atoms with Gasteiger partial charge in [0.25, 0.3) is 0 Å². The van der Waals surface area contributed by atoms with Gasteiger partial charge in [-0.05, 0) is 34.8 Å². The Morgan fingerprint density at radius 1 is 1.16 bits per heavy atom. The molecule has 1 saturated carbocycles. The quantitative estimate of drug-likeness (QED) is 0.902. The average molecular weight is 330 g/mol. The summed E-state index contributed by atoms with van der Waals surface area (Å²) in [5, 5.41) is 0. The maximum Gasteiger partial charge on any atom is 0.178 e. The Hall–Kier alpha value is -0.940. The molecule has 0 aliphatic heterocycles. The molecule has 106 valence electrons. The normalized spacial score (nSPS) is 16.7. The van der Waals surface area contributed by atoms with E-state index in [1.54, 1.807) is 21.3 Å². The molecule has 0 bridgehead atoms. The van der Waals surface area contributed by atoms with Gasteiger partial charge in [-0.1, -0.05) is 6.42 Å². The zero-order chi connectivity index (χ0) is 14.0. The van der Waals surface area contributed by atoms with E-state index in [-0.39, 0.29) is 5.41 Å². The van der Waals surface area contributed by atoms with Crippen molar-refractivity contribution in [1.29, 1.82) is 0 Å². The van der Waals surface area contributed by atoms with Crippen LogP contribution in [0, 0.1) is 0 Å². The summed E-state index contributed by atoms with van der Waals surface area (Å²) >= 11 is 3.55. The Morgan fingerprint density at radius 3 is 2.16 bits per heavy atom. The lowest BCUT2D eigenvalue weighted by molar-refractivity contribution is 0.240. The molecule has 1 fully saturated rings. The molecule has 1 aliphatic rings. The lowest BCUT2D eigenvalue weighted by atomic mass is 9.64. The van der Waals surface area contributed by atoms with Gasteiger partial charge in [0, 0.05) is 17.5 Å². The predicted octanol–water partition coefficient (Wildman–Crippen LogP) is 2.86. The summed E-state index contributed by atoms with van der Waals surface area (Å²) in [7, 11) is 4.92. The van der Waals surface area contributed by atoms with Gasteiger partial charge in [-0.2, -0.15) is 0 Å². The molecule has 0 heterocycles. The van der Waals surface area contributed by atoms with Crippen molar-refractivity contribution < 1.29 is 14.2 Å². The Balaban J connectivity index is 2.63. The summed E-state index contributed by atoms with van der Waals surface area (Å²) < 4.78 is 17.1. The summed E-state index contributed by atoms with van der Waals surface area (Å²) in [6.07, 6.45) is 3.37. The van der Waals surface area contributed by atoms with Crippen LogP contribution in [-0.4, -0.2) is 27.9 Å². The maximum atomic E-state index is 5.99. The van der Waals surface area contributed by atoms with Gasteiger partial charge >= 0.3 is 0 Å². The van der Waals surface area contributed by atoms with Crippen LogP contribution in [0.2, 0.25) is 0 Å². The van der Waals surface area contributed by atoms with Crippen LogP contribution >= 0.6 is 15.9 Å². The standard InChI is InChI=1S/C14H20BrNO3/c1-17-10-7-9(14(8-16)5-4-6-14)12(18-2)11(15)13(10)19-3/h7H,4-6,8,16H2,1-3H3. The second-order valence-electron chi connectivity index (χ2n) is 4.84. The third-order valence-corrected chi connectivity index (χ3v) is 4.76. The maximum absolute atomic E-state index is 5.99. The number of hydrogen-bond acceptors (Lipinski definition) is 4. The van der Waals surface area contributed by atoms with Crippen LogP contribution in [0.15, 0.2) is 10.5 Å². The van der Waals surface area contributed by atoms with Crippen molar-refractivity contribution in [2.45, 2.75) is 24.7 Å². The summed E-state index contributed by atoms with van der Waals surface area (Å²) in [4.78, 5) is 0. The molecule has 0 aromatic heterocycles. The number of methoxy groups -OCH3 is 3. The van der Waals surface area contributed by atoms with Crippen molar-refractivity contribution in [2.75, 3.05) is 27.9 Å². The zero-order valence-corrected chi connectivity index (χ0v) is 13.2. The van der Waals surface area contributed by atoms with Crippen molar-refractivity contribution in [1.82, 2.24) is 0 Å². The molecule has 4 nitrogen and oxygen atoms in total. The summed E-state index contributed by atoms with van der Waals surface area (Å²) in [6.45, 7) is 0.616. The molecular formula is C14H20BrNO3. The summed E-state index contributed by atoms with van der Waals surface area (Å²) in [5.41, 5.74) is 7.11. The van der Waals surface area contributed by atoms with Gasteiger partial charge in [-0.25, -0.2) is 0 Å². The topological polar surface area (TPSA) is 53.7 Å². The molecule has 0 unspecified atom stereocenters. The van der Waals surface area contributed by atoms with Crippen LogP contribution in [0.4, 0.5) is 0 Å². The van der Waals surface area contributed by atoms with E-state index < -0.39 is 0 Å². The van der Waals surface area contributed by atoms with Crippen LogP contribution in [0.1, 0.15) is 24.8 Å². The van der Waals surface area contributed by atoms with Gasteiger partial charge in [0.15, 0.2) is 11.5 Å². The third-order valence-electron chi connectivity index (χ3n) is 4.04. The van der Waals surface area contributed by atoms with E-state index in [2.05, 4.69) is 15.9 Å². The average Bonchev–Trinajstić information content (AvgIpc) is 2.37. The van der Waals surface area contributed by atoms with Crippen LogP contribution in [0.5, 0.6) is 17.2 Å². The van der Waals surface area contributed by atoms with E-state index in [1.807, 2.05) is 6.07 Å². The minimum Gasteiger partial charge on any atom is -0.495 e. The number of rotatable bonds is 5. The zero-order valence-electron chi connectivity index (χ0n) is 11.6. The van der Waals surface area contributed by atoms with Gasteiger partial charge in [0.1, 0.15) is 10.2 Å². The Bertz CT molecular complexity index is 467. The Labute approximate surface area is 122 Å². The molecule has 1 aromatic rings. The summed E-state index contributed by atoms with van der Waals surface area (Å²) in [6, 6.07) is 1.99. The second kappa shape index (κ2) is 5.59. The van der Waals surface area contributed by atoms with Crippen LogP contribution in [-0.2, 0) is 5.41 Å². The van der Waals surface area contributed by atoms with Crippen molar-refractivity contribution in [3.63, 3.8) is 0 Å². The first kappa shape index (κ1) is 14.5. The predicted molar refractivity (Wildman–Crippen MR) is 78.4 cm³/mol. The van der Waals surface area contributed by atoms with Crippen LogP contribution in [0.3, 0.4) is 0 Å². The van der Waals surface area contributed by atoms with Gasteiger partial charge in [0.05, 0.1) is 21.3 Å². The number of nitrogens with two attached hydrogens (primary N) is 1. The SMILES string of the molecule is COc1cc(C2(CN)CCC2)c(OC)c(Br)c1OC. The number of hydrogen-bond donors (Lipinski definition) is 1. The highest BCUT2D eigenvalue weighted by atomic mass is 79.9.